The van der Waals surface area contributed by atoms with Gasteiger partial charge in [0.05, 0.1) is 32.2 Å². The van der Waals surface area contributed by atoms with E-state index in [1.807, 2.05) is 0 Å². The van der Waals surface area contributed by atoms with Crippen LogP contribution < -0.4 is 113 Å². The lowest BCUT2D eigenvalue weighted by Crippen LogP contribution is -2.62. The van der Waals surface area contributed by atoms with Crippen LogP contribution in [0.2, 0.25) is 0 Å². The van der Waals surface area contributed by atoms with Crippen molar-refractivity contribution in [3.63, 3.8) is 0 Å². The Balaban J connectivity index is 1.53. The number of carbonyl (C=O) groups is 19. The van der Waals surface area contributed by atoms with Crippen LogP contribution in [-0.2, 0) is 104 Å². The third kappa shape index (κ3) is 38.5. The van der Waals surface area contributed by atoms with Gasteiger partial charge in [0.15, 0.2) is 11.9 Å². The lowest BCUT2D eigenvalue weighted by atomic mass is 9.96. The Labute approximate surface area is 776 Å². The number of carboxylic acids is 3. The Morgan fingerprint density at radius 1 is 0.398 bits per heavy atom. The third-order valence-corrected chi connectivity index (χ3v) is 21.7. The van der Waals surface area contributed by atoms with Gasteiger partial charge in [-0.25, -0.2) is 0 Å². The Hall–Kier alpha value is -13.4. The fraction of sp³-hybridized carbons (Fsp3) is 0.554. The van der Waals surface area contributed by atoms with E-state index in [0.717, 1.165) is 0 Å². The molecule has 2 aromatic heterocycles. The molecule has 48 nitrogen and oxygen atoms in total. The first-order chi connectivity index (χ1) is 62.7. The number of hydrogen-bond acceptors (Lipinski definition) is 25. The number of amides is 16. The molecule has 16 amide bonds. The van der Waals surface area contributed by atoms with Crippen molar-refractivity contribution in [3.8, 4) is 0 Å². The fourth-order valence-corrected chi connectivity index (χ4v) is 14.0. The van der Waals surface area contributed by atoms with E-state index in [4.69, 9.17) is 33.8 Å². The number of aliphatic hydroxyl groups excluding tert-OH is 1. The fourth-order valence-electron chi connectivity index (χ4n) is 13.4. The molecule has 734 valence electrons. The lowest BCUT2D eigenvalue weighted by molar-refractivity contribution is -0.142. The van der Waals surface area contributed by atoms with Gasteiger partial charge in [-0.3, -0.25) is 102 Å². The van der Waals surface area contributed by atoms with Crippen LogP contribution in [0.25, 0.3) is 21.8 Å². The second-order valence-electron chi connectivity index (χ2n) is 32.7. The summed E-state index contributed by atoms with van der Waals surface area (Å²) in [5.41, 5.74) is 24.6. The van der Waals surface area contributed by atoms with Gasteiger partial charge in [0.25, 0.3) is 0 Å². The molecule has 0 aliphatic carbocycles. The molecule has 50 heteroatoms. The number of nitrogens with two attached hydrogens (primary N) is 4. The van der Waals surface area contributed by atoms with Crippen molar-refractivity contribution < 1.29 is 112 Å². The van der Waals surface area contributed by atoms with Crippen molar-refractivity contribution in [1.29, 1.82) is 10.8 Å². The molecular weight excluding hydrogens is 1780 g/mol. The first-order valence-electron chi connectivity index (χ1n) is 43.0. The average molecular weight is 1910 g/mol. The minimum atomic E-state index is -2.14. The highest BCUT2D eigenvalue weighted by Gasteiger charge is 2.40. The van der Waals surface area contributed by atoms with Gasteiger partial charge in [0.2, 0.25) is 94.5 Å². The number of aromatic nitrogens is 2. The van der Waals surface area contributed by atoms with E-state index in [9.17, 15) is 112 Å². The van der Waals surface area contributed by atoms with Crippen molar-refractivity contribution in [3.05, 3.63) is 72.1 Å². The summed E-state index contributed by atoms with van der Waals surface area (Å²) in [6, 6.07) is -8.64. The maximum atomic E-state index is 14.6. The highest BCUT2D eigenvalue weighted by Crippen LogP contribution is 2.23. The number of aromatic amines is 2. The number of carboxylic acid groups (broad SMARTS) is 3. The number of primary amides is 1. The number of thiol groups is 2. The highest BCUT2D eigenvalue weighted by molar-refractivity contribution is 7.80. The van der Waals surface area contributed by atoms with E-state index in [2.05, 4.69) is 126 Å². The minimum Gasteiger partial charge on any atom is -0.481 e. The first-order valence-corrected chi connectivity index (χ1v) is 44.3. The summed E-state index contributed by atoms with van der Waals surface area (Å²) < 4.78 is 0. The number of aliphatic hydroxyl groups is 1. The number of para-hydroxylation sites is 2. The summed E-state index contributed by atoms with van der Waals surface area (Å²) in [6.07, 6.45) is -0.726. The van der Waals surface area contributed by atoms with Gasteiger partial charge < -0.3 is 144 Å². The number of carbonyl (C=O) groups excluding carboxylic acids is 16. The van der Waals surface area contributed by atoms with E-state index >= 15 is 0 Å². The van der Waals surface area contributed by atoms with E-state index in [-0.39, 0.29) is 75.7 Å². The van der Waals surface area contributed by atoms with Crippen molar-refractivity contribution in [2.75, 3.05) is 44.3 Å². The molecule has 0 saturated carbocycles. The van der Waals surface area contributed by atoms with Crippen LogP contribution in [-0.4, -0.2) is 284 Å². The zero-order valence-corrected chi connectivity index (χ0v) is 76.8. The van der Waals surface area contributed by atoms with Crippen LogP contribution in [0.4, 0.5) is 0 Å². The molecule has 0 aliphatic rings. The van der Waals surface area contributed by atoms with Crippen LogP contribution in [0.15, 0.2) is 60.9 Å². The van der Waals surface area contributed by atoms with E-state index in [1.54, 1.807) is 81.7 Å². The SMILES string of the molecule is CC[C@H](C)[C@H](NC(=O)[C@H](CCC(=O)O)NC(=O)[C@@H](NC(=O)[C@H](Cc1c[nH]c2ccccc12)NC(=O)CNC(=O)[C@@H](N)CCCNC(=N)N)C(C)C)C(=O)N[C@@H](CS)C(=O)N[C@@H](CCC(=O)O)C(=O)N[C@@H](CO)C(=O)N[C@@H](CC(=O)O)C(=O)N[C@H](C(=O)N[C@@H](Cc1c[nH]c2ccccc12)C(=O)NCC(=O)N[C@@H](CCCNC(=N)N)C(=O)N[C@@H](CS)C(=O)N[C@@H](CC(C)C)C(N)=O)C(C)C. The maximum absolute atomic E-state index is 14.6. The topological polar surface area (TPSA) is 793 Å². The number of nitrogens with one attached hydrogen (secondary N) is 21. The van der Waals surface area contributed by atoms with Crippen molar-refractivity contribution in [2.45, 2.75) is 223 Å². The second-order valence-corrected chi connectivity index (χ2v) is 33.5. The van der Waals surface area contributed by atoms with Crippen LogP contribution >= 0.6 is 25.3 Å². The zero-order valence-electron chi connectivity index (χ0n) is 75.1. The predicted molar refractivity (Wildman–Crippen MR) is 490 cm³/mol. The van der Waals surface area contributed by atoms with Gasteiger partial charge in [-0.1, -0.05) is 98.2 Å². The molecule has 2 aromatic carbocycles. The van der Waals surface area contributed by atoms with Crippen LogP contribution in [0.3, 0.4) is 0 Å². The molecule has 133 heavy (non-hydrogen) atoms. The molecule has 0 fully saturated rings. The number of benzene rings is 2. The van der Waals surface area contributed by atoms with Crippen molar-refractivity contribution >= 4 is 171 Å². The minimum absolute atomic E-state index is 0.0503. The molecule has 0 bridgehead atoms. The number of aliphatic carboxylic acids is 3. The summed E-state index contributed by atoms with van der Waals surface area (Å²) in [4.78, 5) is 266. The molecule has 33 N–H and O–H groups in total. The highest BCUT2D eigenvalue weighted by atomic mass is 32.1. The van der Waals surface area contributed by atoms with E-state index in [0.29, 0.717) is 39.4 Å². The van der Waals surface area contributed by atoms with E-state index < -0.39 is 278 Å². The smallest absolute Gasteiger partial charge is 0.305 e. The Morgan fingerprint density at radius 3 is 1.19 bits per heavy atom. The zero-order chi connectivity index (χ0) is 99.6. The average Bonchev–Trinajstić information content (AvgIpc) is 1.65. The molecule has 2 heterocycles. The summed E-state index contributed by atoms with van der Waals surface area (Å²) in [5, 5.41) is 97.8. The number of rotatable bonds is 60. The number of H-pyrrole nitrogens is 2. The number of hydrogen-bond donors (Lipinski definition) is 31. The van der Waals surface area contributed by atoms with Gasteiger partial charge in [0.1, 0.15) is 78.5 Å². The lowest BCUT2D eigenvalue weighted by Gasteiger charge is -2.30. The van der Waals surface area contributed by atoms with Crippen molar-refractivity contribution in [1.82, 2.24) is 100 Å². The summed E-state index contributed by atoms with van der Waals surface area (Å²) >= 11 is 8.42. The molecule has 0 unspecified atom stereocenters. The van der Waals surface area contributed by atoms with E-state index in [1.165, 1.54) is 34.6 Å². The molecule has 15 atom stereocenters. The number of fused-ring (bicyclic) bond motifs is 2. The second kappa shape index (κ2) is 56.4. The maximum Gasteiger partial charge on any atom is 0.305 e. The largest absolute Gasteiger partial charge is 0.481 e. The van der Waals surface area contributed by atoms with Gasteiger partial charge in [0, 0.05) is 84.5 Å². The quantitative estimate of drug-likeness (QED) is 0.00846. The van der Waals surface area contributed by atoms with Gasteiger partial charge in [-0.2, -0.15) is 25.3 Å². The number of guanidine groups is 2. The Bertz CT molecular complexity index is 4760. The molecule has 0 saturated heterocycles. The molecule has 0 spiro atoms. The first kappa shape index (κ1) is 112. The molecule has 4 rings (SSSR count). The monoisotopic (exact) mass is 1910 g/mol. The normalized spacial score (nSPS) is 14.6. The molecule has 0 radical (unpaired) electrons. The van der Waals surface area contributed by atoms with Crippen LogP contribution in [0.1, 0.15) is 137 Å². The summed E-state index contributed by atoms with van der Waals surface area (Å²) in [6.45, 7) is 10.1. The molecule has 0 aliphatic heterocycles. The van der Waals surface area contributed by atoms with Gasteiger partial charge >= 0.3 is 17.9 Å². The molecule has 4 aromatic rings. The third-order valence-electron chi connectivity index (χ3n) is 21.0. The van der Waals surface area contributed by atoms with Gasteiger partial charge in [-0.15, -0.1) is 0 Å². The Morgan fingerprint density at radius 2 is 0.752 bits per heavy atom. The predicted octanol–water partition coefficient (Wildman–Crippen LogP) is -6.23. The van der Waals surface area contributed by atoms with Crippen molar-refractivity contribution in [2.24, 2.45) is 46.6 Å². The van der Waals surface area contributed by atoms with Gasteiger partial charge in [-0.05, 0) is 91.9 Å². The summed E-state index contributed by atoms with van der Waals surface area (Å²) in [5.74, 6) is -25.5. The van der Waals surface area contributed by atoms with Crippen LogP contribution in [0, 0.1) is 34.5 Å². The Kier molecular flexibility index (Phi) is 47.4. The standard InChI is InChI=1S/C83H127N25O23S2/c1-9-42(8)67(108-73(123)52(23-25-63(114)115)99-79(129)65(40(4)5)106-74(124)55(30-44-33-93-49-20-13-11-17-46(44)49)97-61(111)34-94-69(119)47(84)18-14-26-90-82(86)87)81(131)105-59(38-133)77(127)98-51(22-24-62(112)113)72(122)103-57(36-109)76(126)101-56(31-64(116)117)75(125)107-66(41(6)7)80(130)102-54(29-43-32-92-48-19-12-10-16-45(43)48)70(120)95-35-60(110)96-50(21-15-27-91-83(88)89)71(121)104-58(37-132)78(128)100-53(68(85)118)28-39(2)3/h10-13,16-17,19-20,32-33,39-42,47,50-59,65-67,92-93,109,132-133H,9,14-15,18,21-31,34-38,84H2,1-8H3,(H2,85,118)(H,94,119)(H,95,120)(H,96,110)(H,97,111)(H,98,127)(H,99,129)(H,100,128)(H,101,126)(H,102,130)(H,103,122)(H,104,121)(H,105,131)(H,106,124)(H,107,125)(H,108,123)(H,112,113)(H,114,115)(H,116,117)(H4,86,87,90)(H4,88,89,91)/t42-,47-,50-,51-,52-,53-,54-,55-,56-,57-,58-,59-,65-,66-,67-/m0/s1. The van der Waals surface area contributed by atoms with Crippen LogP contribution in [0.5, 0.6) is 0 Å². The molecular formula is C83H127N25O23S2. The summed E-state index contributed by atoms with van der Waals surface area (Å²) in [7, 11) is 0.